The molecular formula is C23H21NO5. The van der Waals surface area contributed by atoms with Gasteiger partial charge in [0.1, 0.15) is 5.76 Å². The van der Waals surface area contributed by atoms with Crippen molar-refractivity contribution in [1.29, 1.82) is 0 Å². The van der Waals surface area contributed by atoms with Crippen LogP contribution in [0.2, 0.25) is 0 Å². The van der Waals surface area contributed by atoms with Crippen LogP contribution in [0.1, 0.15) is 29.3 Å². The van der Waals surface area contributed by atoms with Gasteiger partial charge in [-0.25, -0.2) is 0 Å². The van der Waals surface area contributed by atoms with Gasteiger partial charge in [0.25, 0.3) is 5.91 Å². The minimum absolute atomic E-state index is 0.183. The largest absolute Gasteiger partial charge is 0.481 e. The molecule has 1 aliphatic heterocycles. The molecule has 1 aromatic heterocycles. The summed E-state index contributed by atoms with van der Waals surface area (Å²) < 4.78 is 6.12. The van der Waals surface area contributed by atoms with Crippen molar-refractivity contribution in [2.45, 2.75) is 26.3 Å². The van der Waals surface area contributed by atoms with Gasteiger partial charge in [0.2, 0.25) is 0 Å². The first kappa shape index (κ1) is 18.9. The highest BCUT2D eigenvalue weighted by Crippen LogP contribution is 2.30. The number of hydrogen-bond acceptors (Lipinski definition) is 4. The third kappa shape index (κ3) is 3.10. The van der Waals surface area contributed by atoms with E-state index >= 15 is 0 Å². The number of likely N-dealkylation sites (tertiary alicyclic amines) is 1. The highest BCUT2D eigenvalue weighted by molar-refractivity contribution is 6.05. The summed E-state index contributed by atoms with van der Waals surface area (Å²) in [6.45, 7) is 3.81. The van der Waals surface area contributed by atoms with Crippen LogP contribution in [0.4, 0.5) is 0 Å². The van der Waals surface area contributed by atoms with Crippen molar-refractivity contribution in [2.75, 3.05) is 6.54 Å². The molecule has 0 bridgehead atoms. The van der Waals surface area contributed by atoms with E-state index in [2.05, 4.69) is 0 Å². The highest BCUT2D eigenvalue weighted by Gasteiger charge is 2.39. The lowest BCUT2D eigenvalue weighted by Gasteiger charge is -2.23. The van der Waals surface area contributed by atoms with Gasteiger partial charge in [-0.15, -0.1) is 0 Å². The van der Waals surface area contributed by atoms with Crippen LogP contribution in [0.15, 0.2) is 57.7 Å². The first-order valence-corrected chi connectivity index (χ1v) is 9.55. The number of amides is 1. The maximum absolute atomic E-state index is 13.3. The van der Waals surface area contributed by atoms with E-state index in [-0.39, 0.29) is 22.5 Å². The maximum atomic E-state index is 13.3. The van der Waals surface area contributed by atoms with E-state index in [1.165, 1.54) is 0 Å². The van der Waals surface area contributed by atoms with E-state index in [4.69, 9.17) is 4.42 Å². The quantitative estimate of drug-likeness (QED) is 0.735. The average molecular weight is 391 g/mol. The highest BCUT2D eigenvalue weighted by atomic mass is 16.4. The molecule has 29 heavy (non-hydrogen) atoms. The Hall–Kier alpha value is -3.41. The number of carboxylic acid groups (broad SMARTS) is 1. The van der Waals surface area contributed by atoms with Crippen LogP contribution in [-0.2, 0) is 4.79 Å². The summed E-state index contributed by atoms with van der Waals surface area (Å²) in [5, 5.41) is 9.70. The first-order valence-electron chi connectivity index (χ1n) is 9.55. The second kappa shape index (κ2) is 7.20. The van der Waals surface area contributed by atoms with Crippen molar-refractivity contribution < 1.29 is 19.1 Å². The van der Waals surface area contributed by atoms with Gasteiger partial charge < -0.3 is 14.4 Å². The number of carbonyl (C=O) groups excluding carboxylic acids is 1. The predicted octanol–water partition coefficient (Wildman–Crippen LogP) is 3.70. The van der Waals surface area contributed by atoms with Crippen molar-refractivity contribution in [1.82, 2.24) is 4.90 Å². The SMILES string of the molecule is Cc1c(-c2ccccc2)oc2c(C(=O)N3CCC(C(=O)O)C3C)cccc2c1=O. The molecule has 0 saturated carbocycles. The van der Waals surface area contributed by atoms with E-state index < -0.39 is 17.9 Å². The molecule has 1 saturated heterocycles. The Kier molecular flexibility index (Phi) is 4.70. The fourth-order valence-electron chi connectivity index (χ4n) is 4.05. The molecule has 2 heterocycles. The number of benzene rings is 2. The van der Waals surface area contributed by atoms with Gasteiger partial charge in [0.15, 0.2) is 11.0 Å². The van der Waals surface area contributed by atoms with E-state index in [9.17, 15) is 19.5 Å². The molecule has 0 aliphatic carbocycles. The van der Waals surface area contributed by atoms with Crippen molar-refractivity contribution >= 4 is 22.8 Å². The average Bonchev–Trinajstić information content (AvgIpc) is 3.12. The minimum atomic E-state index is -0.903. The second-order valence-corrected chi connectivity index (χ2v) is 7.41. The molecule has 0 spiro atoms. The van der Waals surface area contributed by atoms with Gasteiger partial charge in [-0.05, 0) is 32.4 Å². The lowest BCUT2D eigenvalue weighted by Crippen LogP contribution is -2.37. The van der Waals surface area contributed by atoms with Crippen molar-refractivity contribution in [2.24, 2.45) is 5.92 Å². The summed E-state index contributed by atoms with van der Waals surface area (Å²) in [6, 6.07) is 13.8. The monoisotopic (exact) mass is 391 g/mol. The number of nitrogens with zero attached hydrogens (tertiary/aromatic N) is 1. The zero-order valence-electron chi connectivity index (χ0n) is 16.2. The lowest BCUT2D eigenvalue weighted by atomic mass is 10.0. The molecule has 2 atom stereocenters. The molecule has 3 aromatic rings. The van der Waals surface area contributed by atoms with Gasteiger partial charge in [0, 0.05) is 23.7 Å². The van der Waals surface area contributed by atoms with Crippen LogP contribution in [-0.4, -0.2) is 34.5 Å². The molecule has 2 unspecified atom stereocenters. The number of fused-ring (bicyclic) bond motifs is 1. The van der Waals surface area contributed by atoms with Gasteiger partial charge >= 0.3 is 5.97 Å². The van der Waals surface area contributed by atoms with Crippen molar-refractivity contribution in [3.63, 3.8) is 0 Å². The molecule has 0 radical (unpaired) electrons. The number of carbonyl (C=O) groups is 2. The zero-order valence-corrected chi connectivity index (χ0v) is 16.2. The molecule has 6 nitrogen and oxygen atoms in total. The van der Waals surface area contributed by atoms with Gasteiger partial charge in [-0.2, -0.15) is 0 Å². The summed E-state index contributed by atoms with van der Waals surface area (Å²) >= 11 is 0. The topological polar surface area (TPSA) is 87.8 Å². The fraction of sp³-hybridized carbons (Fsp3) is 0.261. The Morgan fingerprint density at radius 3 is 2.48 bits per heavy atom. The van der Waals surface area contributed by atoms with Crippen LogP contribution in [0, 0.1) is 12.8 Å². The van der Waals surface area contributed by atoms with Gasteiger partial charge in [-0.1, -0.05) is 36.4 Å². The minimum Gasteiger partial charge on any atom is -0.481 e. The molecule has 2 aromatic carbocycles. The Morgan fingerprint density at radius 2 is 1.83 bits per heavy atom. The second-order valence-electron chi connectivity index (χ2n) is 7.41. The molecule has 1 fully saturated rings. The van der Waals surface area contributed by atoms with Crippen molar-refractivity contribution in [3.8, 4) is 11.3 Å². The molecular weight excluding hydrogens is 370 g/mol. The molecule has 4 rings (SSSR count). The Balaban J connectivity index is 1.86. The van der Waals surface area contributed by atoms with E-state index in [1.54, 1.807) is 36.9 Å². The number of carboxylic acids is 1. The fourth-order valence-corrected chi connectivity index (χ4v) is 4.05. The third-order valence-electron chi connectivity index (χ3n) is 5.74. The van der Waals surface area contributed by atoms with Crippen LogP contribution in [0.25, 0.3) is 22.3 Å². The zero-order chi connectivity index (χ0) is 20.7. The summed E-state index contributed by atoms with van der Waals surface area (Å²) in [6.07, 6.45) is 0.408. The van der Waals surface area contributed by atoms with Crippen LogP contribution in [0.5, 0.6) is 0 Å². The predicted molar refractivity (Wildman–Crippen MR) is 109 cm³/mol. The molecule has 1 N–H and O–H groups in total. The Morgan fingerprint density at radius 1 is 1.10 bits per heavy atom. The van der Waals surface area contributed by atoms with Crippen molar-refractivity contribution in [3.05, 3.63) is 69.9 Å². The first-order chi connectivity index (χ1) is 13.9. The van der Waals surface area contributed by atoms with Crippen LogP contribution in [0.3, 0.4) is 0 Å². The lowest BCUT2D eigenvalue weighted by molar-refractivity contribution is -0.142. The number of hydrogen-bond donors (Lipinski definition) is 1. The van der Waals surface area contributed by atoms with E-state index in [0.717, 1.165) is 5.56 Å². The van der Waals surface area contributed by atoms with Crippen LogP contribution >= 0.6 is 0 Å². The summed E-state index contributed by atoms with van der Waals surface area (Å²) in [4.78, 5) is 39.2. The number of para-hydroxylation sites is 1. The number of aliphatic carboxylic acids is 1. The normalized spacial score (nSPS) is 18.9. The number of rotatable bonds is 3. The van der Waals surface area contributed by atoms with Crippen LogP contribution < -0.4 is 5.43 Å². The summed E-state index contributed by atoms with van der Waals surface area (Å²) in [5.74, 6) is -1.39. The molecule has 1 amide bonds. The summed E-state index contributed by atoms with van der Waals surface area (Å²) in [5.41, 5.74) is 1.56. The smallest absolute Gasteiger partial charge is 0.308 e. The molecule has 6 heteroatoms. The standard InChI is InChI=1S/C23H21NO5/c1-13-19(25)17-9-6-10-18(21(17)29-20(13)15-7-4-3-5-8-15)22(26)24-12-11-16(14(24)2)23(27)28/h3-10,14,16H,11-12H2,1-2H3,(H,27,28). The summed E-state index contributed by atoms with van der Waals surface area (Å²) in [7, 11) is 0. The van der Waals surface area contributed by atoms with E-state index in [0.29, 0.717) is 29.7 Å². The Labute approximate surface area is 167 Å². The van der Waals surface area contributed by atoms with Gasteiger partial charge in [0.05, 0.1) is 16.9 Å². The molecule has 148 valence electrons. The third-order valence-corrected chi connectivity index (χ3v) is 5.74. The van der Waals surface area contributed by atoms with E-state index in [1.807, 2.05) is 30.3 Å². The van der Waals surface area contributed by atoms with Gasteiger partial charge in [-0.3, -0.25) is 14.4 Å². The maximum Gasteiger partial charge on any atom is 0.308 e. The Bertz CT molecular complexity index is 1170. The molecule has 1 aliphatic rings.